The maximum absolute atomic E-state index is 13.6. The summed E-state index contributed by atoms with van der Waals surface area (Å²) >= 11 is 5.77. The minimum atomic E-state index is -0.912. The van der Waals surface area contributed by atoms with Gasteiger partial charge in [0.05, 0.1) is 5.92 Å². The standard InChI is InChI=1S/C27H35N5O2.C22H27N5O2.C21H23N5O4.C12H11ClN4O/c33-26(30-21-17-19-9-7-8-10-20(19)18-21)24-25(29-16-15-28-24)31-27(34)32(22-11-3-1-4-12-22)23-13-5-2-6-14-23;1-14-6-5-7-15(2)27(14)22(29)26-20-19(23-10-11-24-20)21(28)25-18-12-16-8-3-4-9-17(16)13-18;27-19(24-16-10-13-4-1-2-5-14(13)11-16)17-18(23-8-7-22-17)25-21(30)26-9-3-6-15(12-26)20(28)29;13-9-3-1-8(2-4-9)7-17-12(18)10-11(14)16-6-5-15-10/h7-10,15-16,21-23H,1-6,11-14,17-18H2,(H,30,33)(H,29,31,34);3-4,8-11,14-15,18H,5-7,12-13H2,1-2H3,(H,25,28)(H,24,26,29);1-2,4-5,7-8,15-16H,3,6,9-12H2,(H,24,27)(H,28,29)(H,23,25,30);1-6H,7H2,(H2,14,16)(H,17,18)/t;14-,15+;;. The van der Waals surface area contributed by atoms with Crippen LogP contribution in [0.4, 0.5) is 37.7 Å². The Balaban J connectivity index is 0.000000140. The van der Waals surface area contributed by atoms with Gasteiger partial charge in [-0.2, -0.15) is 0 Å². The molecule has 8 aromatic rings. The molecule has 2 saturated heterocycles. The van der Waals surface area contributed by atoms with Gasteiger partial charge in [-0.15, -0.1) is 0 Å². The van der Waals surface area contributed by atoms with Crippen LogP contribution in [0.15, 0.2) is 147 Å². The summed E-state index contributed by atoms with van der Waals surface area (Å²) in [6.07, 6.45) is 32.0. The van der Waals surface area contributed by atoms with Crippen LogP contribution in [-0.2, 0) is 49.9 Å². The molecule has 28 nitrogen and oxygen atoms in total. The van der Waals surface area contributed by atoms with Crippen LogP contribution in [0, 0.1) is 5.92 Å². The smallest absolute Gasteiger partial charge is 0.323 e. The van der Waals surface area contributed by atoms with Crippen LogP contribution in [0.5, 0.6) is 0 Å². The number of amides is 10. The molecule has 2 saturated carbocycles. The van der Waals surface area contributed by atoms with Crippen molar-refractivity contribution < 1.29 is 43.5 Å². The van der Waals surface area contributed by atoms with E-state index >= 15 is 0 Å². The Labute approximate surface area is 650 Å². The van der Waals surface area contributed by atoms with Crippen molar-refractivity contribution in [2.75, 3.05) is 34.8 Å². The van der Waals surface area contributed by atoms with Crippen molar-refractivity contribution in [1.82, 2.24) is 75.8 Å². The topological polar surface area (TPSA) is 380 Å². The number of piperidine rings is 2. The first-order valence-corrected chi connectivity index (χ1v) is 38.9. The monoisotopic (exact) mass is 1530 g/mol. The van der Waals surface area contributed by atoms with Crippen molar-refractivity contribution in [2.45, 2.75) is 198 Å². The molecule has 0 bridgehead atoms. The van der Waals surface area contributed by atoms with Crippen LogP contribution in [0.25, 0.3) is 0 Å². The van der Waals surface area contributed by atoms with Crippen LogP contribution in [-0.4, -0.2) is 163 Å². The minimum absolute atomic E-state index is 0.0209. The number of likely N-dealkylation sites (tertiary alicyclic amines) is 2. The van der Waals surface area contributed by atoms with Crippen LogP contribution < -0.4 is 43.0 Å². The summed E-state index contributed by atoms with van der Waals surface area (Å²) in [5.41, 5.74) is 14.5. The molecular formula is C82H96ClN19O9. The number of anilines is 4. The molecule has 4 fully saturated rings. The first-order chi connectivity index (χ1) is 53.9. The number of aromatic nitrogens is 8. The van der Waals surface area contributed by atoms with Gasteiger partial charge in [0, 0.05) is 117 Å². The molecule has 111 heavy (non-hydrogen) atoms. The number of carboxylic acids is 1. The lowest BCUT2D eigenvalue weighted by atomic mass is 9.89. The number of aliphatic carboxylic acids is 1. The quantitative estimate of drug-likeness (QED) is 0.0460. The molecule has 15 rings (SSSR count). The summed E-state index contributed by atoms with van der Waals surface area (Å²) in [5.74, 6) is -2.22. The Kier molecular flexibility index (Phi) is 27.2. The van der Waals surface area contributed by atoms with Gasteiger partial charge in [0.2, 0.25) is 0 Å². The zero-order chi connectivity index (χ0) is 77.8. The number of hydrogen-bond donors (Lipinski definition) is 9. The molecule has 10 N–H and O–H groups in total. The van der Waals surface area contributed by atoms with Gasteiger partial charge in [0.1, 0.15) is 0 Å². The predicted octanol–water partition coefficient (Wildman–Crippen LogP) is 11.4. The maximum Gasteiger partial charge on any atom is 0.323 e. The van der Waals surface area contributed by atoms with Crippen molar-refractivity contribution in [3.63, 3.8) is 0 Å². The number of hydrogen-bond acceptors (Lipinski definition) is 17. The van der Waals surface area contributed by atoms with Gasteiger partial charge in [0.15, 0.2) is 46.0 Å². The van der Waals surface area contributed by atoms with E-state index in [4.69, 9.17) is 17.3 Å². The molecule has 6 heterocycles. The van der Waals surface area contributed by atoms with E-state index in [1.54, 1.807) is 12.1 Å². The number of urea groups is 3. The van der Waals surface area contributed by atoms with E-state index in [0.717, 1.165) is 89.0 Å². The third-order valence-corrected chi connectivity index (χ3v) is 21.8. The molecule has 0 spiro atoms. The number of carboxylic acid groups (broad SMARTS) is 1. The largest absolute Gasteiger partial charge is 0.481 e. The van der Waals surface area contributed by atoms with Crippen molar-refractivity contribution in [3.05, 3.63) is 213 Å². The normalized spacial score (nSPS) is 18.2. The Morgan fingerprint density at radius 2 is 0.838 bits per heavy atom. The van der Waals surface area contributed by atoms with E-state index in [1.807, 2.05) is 53.4 Å². The molecule has 0 radical (unpaired) electrons. The van der Waals surface area contributed by atoms with Gasteiger partial charge in [-0.25, -0.2) is 54.3 Å². The van der Waals surface area contributed by atoms with E-state index in [0.29, 0.717) is 31.0 Å². The highest BCUT2D eigenvalue weighted by atomic mass is 35.5. The highest BCUT2D eigenvalue weighted by Crippen LogP contribution is 2.33. The zero-order valence-electron chi connectivity index (χ0n) is 62.5. The van der Waals surface area contributed by atoms with Gasteiger partial charge in [0.25, 0.3) is 23.6 Å². The summed E-state index contributed by atoms with van der Waals surface area (Å²) in [6.45, 7) is 5.07. The number of carbonyl (C=O) groups excluding carboxylic acids is 7. The molecule has 7 aliphatic rings. The summed E-state index contributed by atoms with van der Waals surface area (Å²) in [7, 11) is 0. The summed E-state index contributed by atoms with van der Waals surface area (Å²) < 4.78 is 0. The van der Waals surface area contributed by atoms with E-state index in [2.05, 4.69) is 132 Å². The van der Waals surface area contributed by atoms with Gasteiger partial charge in [-0.05, 0) is 161 Å². The number of nitrogens with one attached hydrogen (secondary N) is 7. The number of nitrogens with two attached hydrogens (primary N) is 1. The first-order valence-electron chi connectivity index (χ1n) is 38.5. The van der Waals surface area contributed by atoms with Crippen LogP contribution >= 0.6 is 11.6 Å². The molecule has 2 aliphatic heterocycles. The lowest BCUT2D eigenvalue weighted by molar-refractivity contribution is -0.143. The lowest BCUT2D eigenvalue weighted by Gasteiger charge is -2.41. The predicted molar refractivity (Wildman–Crippen MR) is 420 cm³/mol. The number of rotatable bonds is 15. The summed E-state index contributed by atoms with van der Waals surface area (Å²) in [6, 6.07) is 31.8. The van der Waals surface area contributed by atoms with E-state index in [1.165, 1.54) is 126 Å². The fourth-order valence-corrected chi connectivity index (χ4v) is 16.1. The first kappa shape index (κ1) is 79.0. The Hall–Kier alpha value is -11.6. The third-order valence-electron chi connectivity index (χ3n) is 21.5. The minimum Gasteiger partial charge on any atom is -0.481 e. The SMILES string of the molecule is C[C@@H]1CCC[C@H](C)N1C(=O)Nc1nccnc1C(=O)NC1Cc2ccccc2C1.Nc1nccnc1C(=O)NCc1ccc(Cl)cc1.O=C(NC1Cc2ccccc2C1)c1nccnc1NC(=O)N(C1CCCCC1)C1CCCCC1.O=C(NC1Cc2ccccc2C1)c1nccnc1NC(=O)N1CCCC(C(=O)O)C1. The van der Waals surface area contributed by atoms with Gasteiger partial charge in [-0.1, -0.05) is 135 Å². The van der Waals surface area contributed by atoms with Crippen LogP contribution in [0.1, 0.15) is 191 Å². The molecule has 4 aromatic carbocycles. The van der Waals surface area contributed by atoms with Gasteiger partial charge >= 0.3 is 24.1 Å². The second-order valence-corrected chi connectivity index (χ2v) is 29.8. The van der Waals surface area contributed by atoms with Crippen LogP contribution in [0.2, 0.25) is 5.02 Å². The van der Waals surface area contributed by atoms with Crippen molar-refractivity contribution in [1.29, 1.82) is 0 Å². The highest BCUT2D eigenvalue weighted by molar-refractivity contribution is 6.30. The number of carbonyl (C=O) groups is 8. The van der Waals surface area contributed by atoms with Crippen molar-refractivity contribution in [2.24, 2.45) is 5.92 Å². The fourth-order valence-electron chi connectivity index (χ4n) is 16.0. The molecular weight excluding hydrogens is 1430 g/mol. The highest BCUT2D eigenvalue weighted by Gasteiger charge is 2.37. The van der Waals surface area contributed by atoms with E-state index < -0.39 is 23.8 Å². The number of nitrogen functional groups attached to an aromatic ring is 1. The second-order valence-electron chi connectivity index (χ2n) is 29.3. The molecule has 580 valence electrons. The Bertz CT molecular complexity index is 4500. The molecule has 4 aromatic heterocycles. The molecule has 5 aliphatic carbocycles. The van der Waals surface area contributed by atoms with Crippen LogP contribution in [0.3, 0.4) is 0 Å². The maximum atomic E-state index is 13.6. The fraction of sp³-hybridized carbons (Fsp3) is 0.415. The van der Waals surface area contributed by atoms with E-state index in [9.17, 15) is 43.5 Å². The average molecular weight is 1530 g/mol. The zero-order valence-corrected chi connectivity index (χ0v) is 63.3. The number of fused-ring (bicyclic) bond motifs is 3. The molecule has 10 amide bonds. The lowest BCUT2D eigenvalue weighted by Crippen LogP contribution is -2.50. The Morgan fingerprint density at radius 3 is 1.25 bits per heavy atom. The van der Waals surface area contributed by atoms with E-state index in [-0.39, 0.29) is 125 Å². The Morgan fingerprint density at radius 1 is 0.450 bits per heavy atom. The van der Waals surface area contributed by atoms with Gasteiger partial charge in [-0.3, -0.25) is 39.9 Å². The van der Waals surface area contributed by atoms with Crippen molar-refractivity contribution in [3.8, 4) is 0 Å². The molecule has 29 heteroatoms. The van der Waals surface area contributed by atoms with Gasteiger partial charge < -0.3 is 46.8 Å². The number of nitrogens with zero attached hydrogens (tertiary/aromatic N) is 11. The van der Waals surface area contributed by atoms with Crippen molar-refractivity contribution >= 4 is 82.6 Å². The molecule has 3 atom stereocenters. The third kappa shape index (κ3) is 21.1. The second kappa shape index (κ2) is 38.2. The average Bonchev–Trinajstić information content (AvgIpc) is 1.60. The number of halogens is 1. The summed E-state index contributed by atoms with van der Waals surface area (Å²) in [4.78, 5) is 139. The number of benzene rings is 4. The summed E-state index contributed by atoms with van der Waals surface area (Å²) in [5, 5.41) is 30.1. The molecule has 1 unspecified atom stereocenters.